The predicted molar refractivity (Wildman–Crippen MR) is 101 cm³/mol. The number of rotatable bonds is 3. The van der Waals surface area contributed by atoms with Crippen molar-refractivity contribution >= 4 is 40.5 Å². The Hall–Kier alpha value is -2.67. The molecule has 0 spiro atoms. The Morgan fingerprint density at radius 1 is 1.31 bits per heavy atom. The number of hydrogen-bond acceptors (Lipinski definition) is 5. The van der Waals surface area contributed by atoms with E-state index in [4.69, 9.17) is 4.74 Å². The molecule has 26 heavy (non-hydrogen) atoms. The molecule has 0 unspecified atom stereocenters. The van der Waals surface area contributed by atoms with E-state index in [-0.39, 0.29) is 30.9 Å². The van der Waals surface area contributed by atoms with E-state index < -0.39 is 5.97 Å². The van der Waals surface area contributed by atoms with Crippen molar-refractivity contribution in [1.29, 1.82) is 0 Å². The van der Waals surface area contributed by atoms with Crippen molar-refractivity contribution in [3.63, 3.8) is 0 Å². The van der Waals surface area contributed by atoms with E-state index in [0.717, 1.165) is 9.75 Å². The van der Waals surface area contributed by atoms with E-state index in [0.29, 0.717) is 16.9 Å². The van der Waals surface area contributed by atoms with Crippen LogP contribution in [0.2, 0.25) is 0 Å². The Labute approximate surface area is 155 Å². The number of benzene rings is 1. The first-order chi connectivity index (χ1) is 12.4. The molecule has 2 aromatic rings. The number of carbonyl (C=O) groups is 3. The molecule has 3 rings (SSSR count). The largest absolute Gasteiger partial charge is 0.452 e. The fraction of sp³-hybridized carbons (Fsp3) is 0.316. The first-order valence-electron chi connectivity index (χ1n) is 8.32. The van der Waals surface area contributed by atoms with Crippen LogP contribution < -0.4 is 10.2 Å². The van der Waals surface area contributed by atoms with Gasteiger partial charge in [-0.2, -0.15) is 0 Å². The van der Waals surface area contributed by atoms with Crippen LogP contribution in [0.5, 0.6) is 0 Å². The number of thiophene rings is 1. The van der Waals surface area contributed by atoms with Crippen LogP contribution >= 0.6 is 11.3 Å². The lowest BCUT2D eigenvalue weighted by Crippen LogP contribution is -2.41. The molecular weight excluding hydrogens is 352 g/mol. The molecular formula is C19H20N2O4S. The van der Waals surface area contributed by atoms with Crippen molar-refractivity contribution < 1.29 is 19.1 Å². The van der Waals surface area contributed by atoms with Crippen molar-refractivity contribution in [1.82, 2.24) is 0 Å². The summed E-state index contributed by atoms with van der Waals surface area (Å²) in [6, 6.07) is 8.53. The van der Waals surface area contributed by atoms with Crippen LogP contribution in [0.25, 0.3) is 0 Å². The van der Waals surface area contributed by atoms with Crippen LogP contribution in [0.4, 0.5) is 11.4 Å². The Morgan fingerprint density at radius 2 is 2.04 bits per heavy atom. The van der Waals surface area contributed by atoms with Crippen molar-refractivity contribution in [3.05, 3.63) is 45.6 Å². The van der Waals surface area contributed by atoms with Crippen LogP contribution in [0.15, 0.2) is 30.3 Å². The molecule has 136 valence electrons. The van der Waals surface area contributed by atoms with E-state index in [1.54, 1.807) is 37.3 Å². The standard InChI is InChI=1S/C19H20N2O4S/c1-11-8-17(22)20-15-6-4-5-7-16(15)21(11)18(23)10-25-19(24)14-9-12(2)26-13(14)3/h4-7,9,11H,8,10H2,1-3H3,(H,20,22)/t11-/m1/s1. The number of aryl methyl sites for hydroxylation is 2. The minimum atomic E-state index is -0.509. The zero-order valence-electron chi connectivity index (χ0n) is 14.9. The van der Waals surface area contributed by atoms with Gasteiger partial charge in [-0.25, -0.2) is 4.79 Å². The third-order valence-corrected chi connectivity index (χ3v) is 5.18. The second kappa shape index (κ2) is 7.29. The summed E-state index contributed by atoms with van der Waals surface area (Å²) in [6.07, 6.45) is 0.178. The van der Waals surface area contributed by atoms with Crippen LogP contribution in [-0.2, 0) is 14.3 Å². The highest BCUT2D eigenvalue weighted by Crippen LogP contribution is 2.31. The highest BCUT2D eigenvalue weighted by Gasteiger charge is 2.30. The molecule has 1 aliphatic rings. The van der Waals surface area contributed by atoms with Gasteiger partial charge in [0.25, 0.3) is 5.91 Å². The number of amides is 2. The zero-order valence-corrected chi connectivity index (χ0v) is 15.7. The van der Waals surface area contributed by atoms with E-state index in [1.165, 1.54) is 16.2 Å². The van der Waals surface area contributed by atoms with Crippen LogP contribution in [0.1, 0.15) is 33.5 Å². The summed E-state index contributed by atoms with van der Waals surface area (Å²) in [7, 11) is 0. The predicted octanol–water partition coefficient (Wildman–Crippen LogP) is 3.29. The number of esters is 1. The molecule has 1 aromatic carbocycles. The lowest BCUT2D eigenvalue weighted by atomic mass is 10.1. The number of para-hydroxylation sites is 2. The minimum Gasteiger partial charge on any atom is -0.452 e. The lowest BCUT2D eigenvalue weighted by Gasteiger charge is -2.27. The number of nitrogens with zero attached hydrogens (tertiary/aromatic N) is 1. The summed E-state index contributed by atoms with van der Waals surface area (Å²) in [5, 5.41) is 2.80. The van der Waals surface area contributed by atoms with E-state index in [2.05, 4.69) is 5.32 Å². The monoisotopic (exact) mass is 372 g/mol. The molecule has 1 N–H and O–H groups in total. The fourth-order valence-corrected chi connectivity index (χ4v) is 3.99. The Kier molecular flexibility index (Phi) is 5.08. The van der Waals surface area contributed by atoms with Gasteiger partial charge in [-0.1, -0.05) is 12.1 Å². The summed E-state index contributed by atoms with van der Waals surface area (Å²) >= 11 is 1.51. The highest BCUT2D eigenvalue weighted by atomic mass is 32.1. The molecule has 1 atom stereocenters. The molecule has 6 nitrogen and oxygen atoms in total. The molecule has 0 saturated heterocycles. The SMILES string of the molecule is Cc1cc(C(=O)OCC(=O)N2c3ccccc3NC(=O)C[C@H]2C)c(C)s1. The average Bonchev–Trinajstić information content (AvgIpc) is 2.85. The van der Waals surface area contributed by atoms with Gasteiger partial charge in [0.15, 0.2) is 6.61 Å². The highest BCUT2D eigenvalue weighted by molar-refractivity contribution is 7.12. The first kappa shape index (κ1) is 18.1. The summed E-state index contributed by atoms with van der Waals surface area (Å²) in [5.74, 6) is -1.02. The number of carbonyl (C=O) groups excluding carboxylic acids is 3. The normalized spacial score (nSPS) is 16.5. The Balaban J connectivity index is 1.77. The van der Waals surface area contributed by atoms with E-state index in [1.807, 2.05) is 13.8 Å². The van der Waals surface area contributed by atoms with Crippen LogP contribution in [0.3, 0.4) is 0 Å². The maximum Gasteiger partial charge on any atom is 0.339 e. The number of nitrogens with one attached hydrogen (secondary N) is 1. The molecule has 7 heteroatoms. The molecule has 0 radical (unpaired) electrons. The number of hydrogen-bond donors (Lipinski definition) is 1. The second-order valence-corrected chi connectivity index (χ2v) is 7.75. The van der Waals surface area contributed by atoms with E-state index >= 15 is 0 Å². The van der Waals surface area contributed by atoms with Crippen molar-refractivity contribution in [2.24, 2.45) is 0 Å². The second-order valence-electron chi connectivity index (χ2n) is 6.29. The van der Waals surface area contributed by atoms with Crippen molar-refractivity contribution in [2.75, 3.05) is 16.8 Å². The molecule has 1 aliphatic heterocycles. The van der Waals surface area contributed by atoms with Crippen LogP contribution in [-0.4, -0.2) is 30.4 Å². The molecule has 1 aromatic heterocycles. The summed E-state index contributed by atoms with van der Waals surface area (Å²) < 4.78 is 5.24. The maximum absolute atomic E-state index is 12.8. The fourth-order valence-electron chi connectivity index (χ4n) is 3.08. The maximum atomic E-state index is 12.8. The van der Waals surface area contributed by atoms with E-state index in [9.17, 15) is 14.4 Å². The molecule has 2 amide bonds. The smallest absolute Gasteiger partial charge is 0.339 e. The van der Waals surface area contributed by atoms with Gasteiger partial charge in [-0.15, -0.1) is 11.3 Å². The third-order valence-electron chi connectivity index (χ3n) is 4.22. The van der Waals surface area contributed by atoms with Gasteiger partial charge in [0.1, 0.15) is 0 Å². The third kappa shape index (κ3) is 3.62. The quantitative estimate of drug-likeness (QED) is 0.839. The van der Waals surface area contributed by atoms with Gasteiger partial charge >= 0.3 is 5.97 Å². The number of anilines is 2. The molecule has 0 bridgehead atoms. The molecule has 2 heterocycles. The van der Waals surface area contributed by atoms with Gasteiger partial charge in [0.05, 0.1) is 16.9 Å². The summed E-state index contributed by atoms with van der Waals surface area (Å²) in [6.45, 7) is 5.19. The average molecular weight is 372 g/mol. The summed E-state index contributed by atoms with van der Waals surface area (Å²) in [5.41, 5.74) is 1.67. The lowest BCUT2D eigenvalue weighted by molar-refractivity contribution is -0.122. The molecule has 0 fully saturated rings. The number of fused-ring (bicyclic) bond motifs is 1. The summed E-state index contributed by atoms with van der Waals surface area (Å²) in [4.78, 5) is 40.4. The molecule has 0 saturated carbocycles. The number of ether oxygens (including phenoxy) is 1. The molecule has 0 aliphatic carbocycles. The van der Waals surface area contributed by atoms with Crippen molar-refractivity contribution in [3.8, 4) is 0 Å². The zero-order chi connectivity index (χ0) is 18.8. The van der Waals surface area contributed by atoms with Gasteiger partial charge in [0.2, 0.25) is 5.91 Å². The Bertz CT molecular complexity index is 874. The van der Waals surface area contributed by atoms with Crippen molar-refractivity contribution in [2.45, 2.75) is 33.2 Å². The van der Waals surface area contributed by atoms with Gasteiger partial charge in [0, 0.05) is 22.2 Å². The van der Waals surface area contributed by atoms with Gasteiger partial charge in [-0.3, -0.25) is 9.59 Å². The topological polar surface area (TPSA) is 75.7 Å². The van der Waals surface area contributed by atoms with Gasteiger partial charge in [-0.05, 0) is 39.0 Å². The van der Waals surface area contributed by atoms with Gasteiger partial charge < -0.3 is 15.0 Å². The first-order valence-corrected chi connectivity index (χ1v) is 9.13. The minimum absolute atomic E-state index is 0.151. The van der Waals surface area contributed by atoms with Crippen LogP contribution in [0, 0.1) is 13.8 Å². The Morgan fingerprint density at radius 3 is 2.73 bits per heavy atom.